The van der Waals surface area contributed by atoms with Gasteiger partial charge in [-0.3, -0.25) is 4.79 Å². The summed E-state index contributed by atoms with van der Waals surface area (Å²) in [5.41, 5.74) is 4.86. The van der Waals surface area contributed by atoms with Gasteiger partial charge in [0.05, 0.1) is 108 Å². The average Bonchev–Trinajstić information content (AvgIpc) is 1.76. The van der Waals surface area contributed by atoms with Crippen LogP contribution in [0.2, 0.25) is 0 Å². The summed E-state index contributed by atoms with van der Waals surface area (Å²) in [5.74, 6) is -1.71. The fraction of sp³-hybridized carbons (Fsp3) is 0.747. The van der Waals surface area contributed by atoms with Gasteiger partial charge in [0.25, 0.3) is 0 Å². The zero-order valence-corrected chi connectivity index (χ0v) is 79.4. The summed E-state index contributed by atoms with van der Waals surface area (Å²) in [6.07, 6.45) is 10.3. The normalized spacial score (nSPS) is 13.3. The summed E-state index contributed by atoms with van der Waals surface area (Å²) >= 11 is 1.95. The van der Waals surface area contributed by atoms with E-state index in [1.54, 1.807) is 152 Å². The molecule has 1 saturated heterocycles. The van der Waals surface area contributed by atoms with Crippen LogP contribution in [0.25, 0.3) is 10.4 Å². The van der Waals surface area contributed by atoms with Crippen LogP contribution in [0, 0.1) is 12.3 Å². The number of aliphatic hydroxyl groups is 3. The van der Waals surface area contributed by atoms with Crippen LogP contribution in [0.15, 0.2) is 36.1 Å². The molecule has 6 rings (SSSR count). The molecule has 5 aromatic rings. The molecule has 5 aromatic heterocycles. The summed E-state index contributed by atoms with van der Waals surface area (Å²) in [4.78, 5) is 80.6. The number of esters is 7. The van der Waals surface area contributed by atoms with Crippen molar-refractivity contribution in [1.82, 2.24) is 75.0 Å². The average molecular weight is 1930 g/mol. The van der Waals surface area contributed by atoms with Crippen LogP contribution in [0.4, 0.5) is 17.6 Å². The molecule has 672 valence electrons. The van der Waals surface area contributed by atoms with Crippen molar-refractivity contribution >= 4 is 64.4 Å². The Balaban J connectivity index is -0.000000241. The molecule has 3 N–H and O–H groups in total. The smallest absolute Gasteiger partial charge is 1.00 e. The summed E-state index contributed by atoms with van der Waals surface area (Å²) < 4.78 is 105. The van der Waals surface area contributed by atoms with E-state index in [0.29, 0.717) is 56.3 Å². The number of aromatic nitrogens is 15. The van der Waals surface area contributed by atoms with Crippen LogP contribution >= 0.6 is 22.6 Å². The quantitative estimate of drug-likeness (QED) is 0.00450. The van der Waals surface area contributed by atoms with Gasteiger partial charge in [0.15, 0.2) is 28.5 Å². The third-order valence-electron chi connectivity index (χ3n) is 11.9. The molecule has 43 heteroatoms. The molecule has 1 fully saturated rings. The Kier molecular flexibility index (Phi) is 66.7. The van der Waals surface area contributed by atoms with Crippen molar-refractivity contribution in [3.05, 3.63) is 69.9 Å². The number of terminal acetylenes is 1. The second-order valence-electron chi connectivity index (χ2n) is 30.2. The molecule has 7 atom stereocenters. The van der Waals surface area contributed by atoms with Gasteiger partial charge in [-0.2, -0.15) is 0 Å². The van der Waals surface area contributed by atoms with Crippen molar-refractivity contribution in [3.8, 4) is 12.3 Å². The van der Waals surface area contributed by atoms with Crippen LogP contribution in [0.3, 0.4) is 0 Å². The number of azide groups is 1. The molecular weight excluding hydrogens is 1790 g/mol. The first kappa shape index (κ1) is 122. The SMILES string of the molecule is C.C#CC(=O)OC(C)(C)C.CC(C)(C)OC(=O)c1cn(C[C@H](F)CI)nn1.CC(C)(C)OC(=O)c1cn(C[C@H](F)CO)nn1.CCOC(C)=O.CC[C@@H](F)Cn1cc(C(=O)OC(C)(C)C)nn1.CC[C@@H](F)Cn1cc(C(=O)OC(C)(C)C)nn1.CC[C@H](O)CN=[N+]=[N-].CC[C@H](O)Cn1cc(C(=O)OC(C)(C)C)nn1.CC[C@H]1CO1.[2H]CC.[I-].[Na+]. The predicted octanol–water partition coefficient (Wildman–Crippen LogP) is 6.60. The van der Waals surface area contributed by atoms with Gasteiger partial charge in [0.2, 0.25) is 0 Å². The maximum Gasteiger partial charge on any atom is 1.00 e. The molecule has 0 bridgehead atoms. The standard InChI is InChI=1S/2C11H18FN3O2.C11H19N3O3.C10H15FIN3O2.C10H16FN3O3.C7H10O2.C4H9N3O.C4H8O2.C4H8O.C2H6.CH4.HI.Na/c2*1-5-8(12)6-15-7-9(13-14-15)10(16)17-11(2,3)4;1-5-8(15)6-14-7-9(12-13-14)10(16)17-11(2,3)4;1-10(2,3)17-9(16)8-6-15(14-13-8)5-7(11)4-12;1-10(2,3)17-9(16)8-5-14(13-12-8)4-7(11)6-15;1-5-6(8)9-7(2,3)4;1-2-4(8)3-6-7-5;1-3-6-4(2)5;1-2-4-3-5-4;1-2;;;/h2*7-8H,5-6H2,1-4H3;7-8,15H,5-6H2,1-4H3;6-7H,4-5H2,1-3H3;5,7,15H,4,6H2,1-3H3;1H,2-4H3;4,8H,2-3H2,1H3;3H2,1-2H3;4H,2-3H2,1H3;1-2H3;1H4;1H;/q;;;;;;;;;;;;+1/p-1/t3*8-;2*7-;;4-;;4-;;;;/m11010.0.0..../s1/i;;;;;;;;;1D;;;. The van der Waals surface area contributed by atoms with E-state index in [9.17, 15) is 56.2 Å². The van der Waals surface area contributed by atoms with Gasteiger partial charge in [-0.25, -0.2) is 69.7 Å². The number of halogens is 6. The molecule has 36 nitrogen and oxygen atoms in total. The first-order valence-electron chi connectivity index (χ1n) is 37.7. The van der Waals surface area contributed by atoms with Crippen molar-refractivity contribution in [2.45, 2.75) is 336 Å². The molecule has 0 aliphatic carbocycles. The first-order valence-corrected chi connectivity index (χ1v) is 38.5. The number of ether oxygens (including phenoxy) is 8. The Hall–Kier alpha value is -7.12. The molecule has 1 aliphatic rings. The molecular formula is C75H131F4I2N18NaO18. The second kappa shape index (κ2) is 64.7. The van der Waals surface area contributed by atoms with Gasteiger partial charge < -0.3 is 77.2 Å². The second-order valence-corrected chi connectivity index (χ2v) is 31.0. The molecule has 6 heterocycles. The summed E-state index contributed by atoms with van der Waals surface area (Å²) in [7, 11) is 0. The topological polar surface area (TPSA) is 460 Å². The van der Waals surface area contributed by atoms with Crippen molar-refractivity contribution in [2.75, 3.05) is 30.8 Å². The van der Waals surface area contributed by atoms with Crippen LogP contribution < -0.4 is 53.5 Å². The molecule has 0 spiro atoms. The number of hydrogen-bond donors (Lipinski definition) is 3. The fourth-order valence-corrected chi connectivity index (χ4v) is 6.93. The first-order chi connectivity index (χ1) is 53.5. The Labute approximate surface area is 747 Å². The van der Waals surface area contributed by atoms with Crippen molar-refractivity contribution in [3.63, 3.8) is 0 Å². The van der Waals surface area contributed by atoms with E-state index in [1.165, 1.54) is 63.1 Å². The van der Waals surface area contributed by atoms with E-state index in [0.717, 1.165) is 11.3 Å². The van der Waals surface area contributed by atoms with Gasteiger partial charge in [0, 0.05) is 23.6 Å². The van der Waals surface area contributed by atoms with Crippen LogP contribution in [-0.4, -0.2) is 239 Å². The van der Waals surface area contributed by atoms with Crippen LogP contribution in [0.5, 0.6) is 0 Å². The van der Waals surface area contributed by atoms with Crippen molar-refractivity contribution in [1.29, 1.82) is 0 Å². The third-order valence-corrected chi connectivity index (χ3v) is 12.9. The predicted molar refractivity (Wildman–Crippen MR) is 434 cm³/mol. The Morgan fingerprint density at radius 1 is 0.551 bits per heavy atom. The largest absolute Gasteiger partial charge is 1.00 e. The van der Waals surface area contributed by atoms with Gasteiger partial charge in [-0.05, 0) is 169 Å². The minimum atomic E-state index is -1.43. The third kappa shape index (κ3) is 70.7. The van der Waals surface area contributed by atoms with Gasteiger partial charge in [-0.1, -0.05) is 110 Å². The van der Waals surface area contributed by atoms with E-state index in [1.807, 2.05) is 42.4 Å². The van der Waals surface area contributed by atoms with Crippen LogP contribution in [0.1, 0.15) is 280 Å². The molecule has 0 unspecified atom stereocenters. The van der Waals surface area contributed by atoms with Crippen LogP contribution in [-0.2, 0) is 80.2 Å². The van der Waals surface area contributed by atoms with E-state index in [4.69, 9.17) is 56.7 Å². The number of carbonyl (C=O) groups is 7. The number of epoxide rings is 1. The molecule has 118 heavy (non-hydrogen) atoms. The van der Waals surface area contributed by atoms with Gasteiger partial charge in [0.1, 0.15) is 58.3 Å². The monoisotopic (exact) mass is 1930 g/mol. The number of alkyl halides is 5. The van der Waals surface area contributed by atoms with Crippen molar-refractivity contribution in [2.24, 2.45) is 5.11 Å². The number of rotatable bonds is 25. The summed E-state index contributed by atoms with van der Waals surface area (Å²) in [6, 6.07) is 0. The molecule has 0 saturated carbocycles. The van der Waals surface area contributed by atoms with E-state index in [2.05, 4.69) is 73.2 Å². The van der Waals surface area contributed by atoms with Crippen molar-refractivity contribution < 1.29 is 159 Å². The van der Waals surface area contributed by atoms with E-state index >= 15 is 0 Å². The molecule has 0 radical (unpaired) electrons. The summed E-state index contributed by atoms with van der Waals surface area (Å²) in [6.45, 7) is 48.1. The maximum atomic E-state index is 13.1. The van der Waals surface area contributed by atoms with Gasteiger partial charge >= 0.3 is 71.3 Å². The number of carbonyl (C=O) groups excluding carboxylic acids is 7. The van der Waals surface area contributed by atoms with Gasteiger partial charge in [-0.15, -0.1) is 31.9 Å². The summed E-state index contributed by atoms with van der Waals surface area (Å²) in [5, 5.41) is 66.5. The minimum absolute atomic E-state index is 0. The van der Waals surface area contributed by atoms with E-state index in [-0.39, 0.29) is 128 Å². The number of nitrogens with zero attached hydrogens (tertiary/aromatic N) is 18. The molecule has 0 aromatic carbocycles. The Bertz CT molecular complexity index is 3240. The Morgan fingerprint density at radius 3 is 0.983 bits per heavy atom. The van der Waals surface area contributed by atoms with E-state index < -0.39 is 113 Å². The molecule has 1 aliphatic heterocycles. The fourth-order valence-electron chi connectivity index (χ4n) is 6.65. The zero-order chi connectivity index (χ0) is 90.6. The number of hydrogen-bond acceptors (Lipinski definition) is 29. The molecule has 0 amide bonds. The Morgan fingerprint density at radius 2 is 0.814 bits per heavy atom. The number of aliphatic hydroxyl groups excluding tert-OH is 3. The maximum absolute atomic E-state index is 13.1. The minimum Gasteiger partial charge on any atom is -1.00 e. The zero-order valence-electron chi connectivity index (χ0n) is 74.1.